The van der Waals surface area contributed by atoms with Crippen LogP contribution in [0.4, 0.5) is 5.82 Å². The van der Waals surface area contributed by atoms with Crippen LogP contribution in [-0.4, -0.2) is 35.9 Å². The number of hydrogen-bond donors (Lipinski definition) is 1. The van der Waals surface area contributed by atoms with E-state index in [0.717, 1.165) is 19.5 Å². The fourth-order valence-electron chi connectivity index (χ4n) is 2.53. The van der Waals surface area contributed by atoms with Crippen molar-refractivity contribution in [3.63, 3.8) is 0 Å². The van der Waals surface area contributed by atoms with E-state index in [4.69, 9.17) is 11.6 Å². The molecule has 2 heterocycles. The van der Waals surface area contributed by atoms with E-state index >= 15 is 0 Å². The molecule has 1 saturated heterocycles. The highest BCUT2D eigenvalue weighted by Gasteiger charge is 2.35. The van der Waals surface area contributed by atoms with Gasteiger partial charge < -0.3 is 10.2 Å². The third-order valence-electron chi connectivity index (χ3n) is 4.00. The van der Waals surface area contributed by atoms with E-state index in [1.165, 1.54) is 0 Å². The molecule has 0 aromatic carbocycles. The van der Waals surface area contributed by atoms with Crippen LogP contribution < -0.4 is 5.32 Å². The monoisotopic (exact) mass is 295 g/mol. The van der Waals surface area contributed by atoms with Crippen molar-refractivity contribution in [1.29, 1.82) is 0 Å². The van der Waals surface area contributed by atoms with Gasteiger partial charge in [0, 0.05) is 20.1 Å². The second-order valence-electron chi connectivity index (χ2n) is 6.38. The van der Waals surface area contributed by atoms with Crippen LogP contribution in [0.1, 0.15) is 37.7 Å². The van der Waals surface area contributed by atoms with Crippen LogP contribution >= 0.6 is 11.6 Å². The Hall–Kier alpha value is -1.29. The van der Waals surface area contributed by atoms with Crippen molar-refractivity contribution < 1.29 is 4.79 Å². The van der Waals surface area contributed by atoms with Crippen LogP contribution in [0.5, 0.6) is 0 Å². The Morgan fingerprint density at radius 2 is 2.15 bits per heavy atom. The SMILES string of the molecule is CNc1ccc(Cl)c(C(=O)N2CCC(C(C)(C)C)C2)n1. The van der Waals surface area contributed by atoms with Crippen molar-refractivity contribution >= 4 is 23.3 Å². The Morgan fingerprint density at radius 1 is 1.45 bits per heavy atom. The first kappa shape index (κ1) is 15.1. The van der Waals surface area contributed by atoms with Gasteiger partial charge in [-0.3, -0.25) is 4.79 Å². The van der Waals surface area contributed by atoms with Gasteiger partial charge in [-0.1, -0.05) is 32.4 Å². The molecule has 4 nitrogen and oxygen atoms in total. The molecule has 0 aliphatic carbocycles. The molecule has 1 aromatic rings. The Morgan fingerprint density at radius 3 is 2.70 bits per heavy atom. The summed E-state index contributed by atoms with van der Waals surface area (Å²) in [6.45, 7) is 8.22. The molecule has 5 heteroatoms. The van der Waals surface area contributed by atoms with Gasteiger partial charge in [0.2, 0.25) is 0 Å². The van der Waals surface area contributed by atoms with Gasteiger partial charge in [0.25, 0.3) is 5.91 Å². The van der Waals surface area contributed by atoms with E-state index in [2.05, 4.69) is 31.1 Å². The van der Waals surface area contributed by atoms with E-state index in [0.29, 0.717) is 22.5 Å². The van der Waals surface area contributed by atoms with Crippen molar-refractivity contribution in [3.8, 4) is 0 Å². The number of pyridine rings is 1. The maximum Gasteiger partial charge on any atom is 0.274 e. The summed E-state index contributed by atoms with van der Waals surface area (Å²) in [6.07, 6.45) is 1.04. The molecule has 1 atom stereocenters. The van der Waals surface area contributed by atoms with Crippen LogP contribution in [0.15, 0.2) is 12.1 Å². The molecule has 0 saturated carbocycles. The van der Waals surface area contributed by atoms with Crippen LogP contribution in [0, 0.1) is 11.3 Å². The van der Waals surface area contributed by atoms with Crippen LogP contribution in [0.3, 0.4) is 0 Å². The fourth-order valence-corrected chi connectivity index (χ4v) is 2.72. The normalized spacial score (nSPS) is 19.2. The average Bonchev–Trinajstić information content (AvgIpc) is 2.88. The first-order chi connectivity index (χ1) is 9.32. The Kier molecular flexibility index (Phi) is 4.23. The number of anilines is 1. The summed E-state index contributed by atoms with van der Waals surface area (Å²) >= 11 is 6.11. The number of hydrogen-bond acceptors (Lipinski definition) is 3. The highest BCUT2D eigenvalue weighted by Crippen LogP contribution is 2.34. The van der Waals surface area contributed by atoms with E-state index in [-0.39, 0.29) is 11.3 Å². The zero-order valence-electron chi connectivity index (χ0n) is 12.5. The molecule has 1 aromatic heterocycles. The van der Waals surface area contributed by atoms with Crippen molar-refractivity contribution in [2.24, 2.45) is 11.3 Å². The highest BCUT2D eigenvalue weighted by molar-refractivity contribution is 6.33. The predicted molar refractivity (Wildman–Crippen MR) is 82.3 cm³/mol. The minimum Gasteiger partial charge on any atom is -0.373 e. The number of likely N-dealkylation sites (tertiary alicyclic amines) is 1. The predicted octanol–water partition coefficient (Wildman–Crippen LogP) is 3.28. The van der Waals surface area contributed by atoms with Gasteiger partial charge in [-0.2, -0.15) is 0 Å². The zero-order chi connectivity index (χ0) is 14.9. The van der Waals surface area contributed by atoms with E-state index in [1.54, 1.807) is 19.2 Å². The topological polar surface area (TPSA) is 45.2 Å². The number of nitrogens with one attached hydrogen (secondary N) is 1. The summed E-state index contributed by atoms with van der Waals surface area (Å²) in [6, 6.07) is 3.48. The maximum atomic E-state index is 12.6. The molecule has 1 fully saturated rings. The lowest BCUT2D eigenvalue weighted by Crippen LogP contribution is -2.32. The largest absolute Gasteiger partial charge is 0.373 e. The highest BCUT2D eigenvalue weighted by atomic mass is 35.5. The number of nitrogens with zero attached hydrogens (tertiary/aromatic N) is 2. The summed E-state index contributed by atoms with van der Waals surface area (Å²) in [5.41, 5.74) is 0.562. The quantitative estimate of drug-likeness (QED) is 0.910. The number of aromatic nitrogens is 1. The summed E-state index contributed by atoms with van der Waals surface area (Å²) in [5, 5.41) is 3.34. The minimum absolute atomic E-state index is 0.0705. The standard InChI is InChI=1S/C15H22ClN3O/c1-15(2,3)10-7-8-19(9-10)14(20)13-11(16)5-6-12(17-4)18-13/h5-6,10H,7-9H2,1-4H3,(H,17,18). The molecule has 20 heavy (non-hydrogen) atoms. The number of halogens is 1. The second-order valence-corrected chi connectivity index (χ2v) is 6.79. The van der Waals surface area contributed by atoms with Crippen molar-refractivity contribution in [1.82, 2.24) is 9.88 Å². The number of carbonyl (C=O) groups is 1. The molecule has 1 amide bonds. The van der Waals surface area contributed by atoms with E-state index in [1.807, 2.05) is 4.90 Å². The summed E-state index contributed by atoms with van der Waals surface area (Å²) < 4.78 is 0. The van der Waals surface area contributed by atoms with Gasteiger partial charge >= 0.3 is 0 Å². The van der Waals surface area contributed by atoms with Crippen molar-refractivity contribution in [3.05, 3.63) is 22.8 Å². The molecule has 0 bridgehead atoms. The summed E-state index contributed by atoms with van der Waals surface area (Å²) in [5.74, 6) is 1.11. The molecule has 110 valence electrons. The van der Waals surface area contributed by atoms with Gasteiger partial charge in [0.1, 0.15) is 11.5 Å². The lowest BCUT2D eigenvalue weighted by atomic mass is 9.80. The van der Waals surface area contributed by atoms with Gasteiger partial charge in [-0.15, -0.1) is 0 Å². The molecule has 0 spiro atoms. The first-order valence-electron chi connectivity index (χ1n) is 6.96. The van der Waals surface area contributed by atoms with E-state index in [9.17, 15) is 4.79 Å². The molecule has 0 radical (unpaired) electrons. The Labute approximate surface area is 125 Å². The molecule has 1 unspecified atom stereocenters. The molecular weight excluding hydrogens is 274 g/mol. The number of amides is 1. The first-order valence-corrected chi connectivity index (χ1v) is 7.34. The summed E-state index contributed by atoms with van der Waals surface area (Å²) in [7, 11) is 1.77. The minimum atomic E-state index is -0.0705. The van der Waals surface area contributed by atoms with Crippen molar-refractivity contribution in [2.45, 2.75) is 27.2 Å². The molecule has 1 aliphatic heterocycles. The van der Waals surface area contributed by atoms with Crippen LogP contribution in [0.2, 0.25) is 5.02 Å². The Balaban J connectivity index is 2.17. The molecule has 1 N–H and O–H groups in total. The number of rotatable bonds is 2. The molecule has 2 rings (SSSR count). The fraction of sp³-hybridized carbons (Fsp3) is 0.600. The average molecular weight is 296 g/mol. The smallest absolute Gasteiger partial charge is 0.274 e. The second kappa shape index (κ2) is 5.60. The van der Waals surface area contributed by atoms with Crippen molar-refractivity contribution in [2.75, 3.05) is 25.5 Å². The van der Waals surface area contributed by atoms with E-state index < -0.39 is 0 Å². The van der Waals surface area contributed by atoms with Gasteiger partial charge in [-0.05, 0) is 29.9 Å². The van der Waals surface area contributed by atoms with Gasteiger partial charge in [0.05, 0.1) is 5.02 Å². The molecule has 1 aliphatic rings. The van der Waals surface area contributed by atoms with Gasteiger partial charge in [0.15, 0.2) is 0 Å². The lowest BCUT2D eigenvalue weighted by Gasteiger charge is -2.27. The number of carbonyl (C=O) groups excluding carboxylic acids is 1. The maximum absolute atomic E-state index is 12.6. The Bertz CT molecular complexity index is 510. The summed E-state index contributed by atoms with van der Waals surface area (Å²) in [4.78, 5) is 18.7. The van der Waals surface area contributed by atoms with Crippen LogP contribution in [-0.2, 0) is 0 Å². The zero-order valence-corrected chi connectivity index (χ0v) is 13.3. The third-order valence-corrected chi connectivity index (χ3v) is 4.31. The third kappa shape index (κ3) is 3.06. The van der Waals surface area contributed by atoms with Crippen LogP contribution in [0.25, 0.3) is 0 Å². The molecular formula is C15H22ClN3O. The van der Waals surface area contributed by atoms with Gasteiger partial charge in [-0.25, -0.2) is 4.98 Å². The lowest BCUT2D eigenvalue weighted by molar-refractivity contribution is 0.0771.